The standard InChI is InChI=1S/C17H32N2O2/c1-14(2)15(19-11-6-5-7-12-19)16(20)21-13-17(18(3)4)9-8-10-17/h14-15H,5-13H2,1-4H3. The zero-order chi connectivity index (χ0) is 15.5. The van der Waals surface area contributed by atoms with Gasteiger partial charge in [-0.25, -0.2) is 0 Å². The molecule has 1 unspecified atom stereocenters. The number of ether oxygens (including phenoxy) is 1. The fourth-order valence-electron chi connectivity index (χ4n) is 3.64. The van der Waals surface area contributed by atoms with Gasteiger partial charge in [-0.15, -0.1) is 0 Å². The van der Waals surface area contributed by atoms with Crippen LogP contribution in [0.5, 0.6) is 0 Å². The third-order valence-electron chi connectivity index (χ3n) is 5.37. The number of rotatable bonds is 6. The van der Waals surface area contributed by atoms with Crippen LogP contribution in [-0.2, 0) is 9.53 Å². The van der Waals surface area contributed by atoms with Crippen LogP contribution < -0.4 is 0 Å². The summed E-state index contributed by atoms with van der Waals surface area (Å²) in [5.74, 6) is 0.298. The van der Waals surface area contributed by atoms with Crippen molar-refractivity contribution in [1.29, 1.82) is 0 Å². The minimum atomic E-state index is -0.0652. The molecule has 122 valence electrons. The average molecular weight is 296 g/mol. The van der Waals surface area contributed by atoms with Crippen LogP contribution in [0, 0.1) is 5.92 Å². The highest BCUT2D eigenvalue weighted by molar-refractivity contribution is 5.76. The van der Waals surface area contributed by atoms with Gasteiger partial charge in [0, 0.05) is 0 Å². The van der Waals surface area contributed by atoms with Crippen LogP contribution in [0.1, 0.15) is 52.4 Å². The number of nitrogens with zero attached hydrogens (tertiary/aromatic N) is 2. The Labute approximate surface area is 129 Å². The highest BCUT2D eigenvalue weighted by atomic mass is 16.5. The van der Waals surface area contributed by atoms with Gasteiger partial charge in [0.25, 0.3) is 0 Å². The molecule has 21 heavy (non-hydrogen) atoms. The first-order chi connectivity index (χ1) is 9.96. The summed E-state index contributed by atoms with van der Waals surface area (Å²) in [4.78, 5) is 17.2. The van der Waals surface area contributed by atoms with Gasteiger partial charge < -0.3 is 9.64 Å². The number of hydrogen-bond acceptors (Lipinski definition) is 4. The van der Waals surface area contributed by atoms with Crippen LogP contribution in [0.3, 0.4) is 0 Å². The van der Waals surface area contributed by atoms with E-state index in [0.717, 1.165) is 25.9 Å². The minimum Gasteiger partial charge on any atom is -0.463 e. The molecule has 2 rings (SSSR count). The maximum atomic E-state index is 12.6. The summed E-state index contributed by atoms with van der Waals surface area (Å²) in [6, 6.07) is -0.0652. The van der Waals surface area contributed by atoms with E-state index in [-0.39, 0.29) is 17.6 Å². The summed E-state index contributed by atoms with van der Waals surface area (Å²) in [5, 5.41) is 0. The third-order valence-corrected chi connectivity index (χ3v) is 5.37. The number of likely N-dealkylation sites (N-methyl/N-ethyl adjacent to an activating group) is 1. The van der Waals surface area contributed by atoms with E-state index in [4.69, 9.17) is 4.74 Å². The monoisotopic (exact) mass is 296 g/mol. The molecule has 0 spiro atoms. The number of carbonyl (C=O) groups excluding carboxylic acids is 1. The second kappa shape index (κ2) is 7.10. The Morgan fingerprint density at radius 1 is 1.14 bits per heavy atom. The van der Waals surface area contributed by atoms with E-state index in [1.54, 1.807) is 0 Å². The molecular formula is C17H32N2O2. The lowest BCUT2D eigenvalue weighted by atomic mass is 9.76. The van der Waals surface area contributed by atoms with E-state index >= 15 is 0 Å². The molecule has 2 fully saturated rings. The van der Waals surface area contributed by atoms with E-state index in [0.29, 0.717) is 12.5 Å². The van der Waals surface area contributed by atoms with Crippen molar-refractivity contribution in [3.63, 3.8) is 0 Å². The van der Waals surface area contributed by atoms with Gasteiger partial charge in [-0.2, -0.15) is 0 Å². The zero-order valence-electron chi connectivity index (χ0n) is 14.2. The Morgan fingerprint density at radius 2 is 1.76 bits per heavy atom. The van der Waals surface area contributed by atoms with Gasteiger partial charge in [-0.3, -0.25) is 9.69 Å². The predicted octanol–water partition coefficient (Wildman–Crippen LogP) is 2.52. The summed E-state index contributed by atoms with van der Waals surface area (Å²) in [5.41, 5.74) is 0.0963. The number of esters is 1. The van der Waals surface area contributed by atoms with Crippen molar-refractivity contribution in [1.82, 2.24) is 9.80 Å². The molecule has 0 radical (unpaired) electrons. The second-order valence-corrected chi connectivity index (χ2v) is 7.37. The Morgan fingerprint density at radius 3 is 2.19 bits per heavy atom. The van der Waals surface area contributed by atoms with Crippen LogP contribution in [0.15, 0.2) is 0 Å². The molecule has 0 N–H and O–H groups in total. The quantitative estimate of drug-likeness (QED) is 0.705. The van der Waals surface area contributed by atoms with Crippen molar-refractivity contribution < 1.29 is 9.53 Å². The van der Waals surface area contributed by atoms with Crippen LogP contribution in [0.2, 0.25) is 0 Å². The molecule has 4 nitrogen and oxygen atoms in total. The number of hydrogen-bond donors (Lipinski definition) is 0. The molecule has 1 aliphatic heterocycles. The van der Waals surface area contributed by atoms with Gasteiger partial charge in [0.05, 0.1) is 5.54 Å². The molecule has 0 aromatic carbocycles. The first-order valence-corrected chi connectivity index (χ1v) is 8.54. The number of piperidine rings is 1. The van der Waals surface area contributed by atoms with Gasteiger partial charge in [0.1, 0.15) is 12.6 Å². The fourth-order valence-corrected chi connectivity index (χ4v) is 3.64. The lowest BCUT2D eigenvalue weighted by molar-refractivity contribution is -0.158. The average Bonchev–Trinajstić information content (AvgIpc) is 2.38. The van der Waals surface area contributed by atoms with Crippen LogP contribution in [0.25, 0.3) is 0 Å². The van der Waals surface area contributed by atoms with E-state index in [1.165, 1.54) is 25.7 Å². The van der Waals surface area contributed by atoms with Crippen LogP contribution in [0.4, 0.5) is 0 Å². The summed E-state index contributed by atoms with van der Waals surface area (Å²) in [7, 11) is 4.19. The minimum absolute atomic E-state index is 0.0139. The molecule has 0 aromatic rings. The van der Waals surface area contributed by atoms with Gasteiger partial charge in [0.2, 0.25) is 0 Å². The van der Waals surface area contributed by atoms with E-state index < -0.39 is 0 Å². The Balaban J connectivity index is 1.92. The molecule has 4 heteroatoms. The Hall–Kier alpha value is -0.610. The highest BCUT2D eigenvalue weighted by Crippen LogP contribution is 2.36. The number of carbonyl (C=O) groups is 1. The Bertz CT molecular complexity index is 345. The topological polar surface area (TPSA) is 32.8 Å². The van der Waals surface area contributed by atoms with Crippen molar-refractivity contribution in [3.05, 3.63) is 0 Å². The Kier molecular flexibility index (Phi) is 5.67. The van der Waals surface area contributed by atoms with Crippen molar-refractivity contribution in [2.75, 3.05) is 33.8 Å². The highest BCUT2D eigenvalue weighted by Gasteiger charge is 2.41. The van der Waals surface area contributed by atoms with Gasteiger partial charge >= 0.3 is 5.97 Å². The van der Waals surface area contributed by atoms with Crippen molar-refractivity contribution in [3.8, 4) is 0 Å². The molecular weight excluding hydrogens is 264 g/mol. The second-order valence-electron chi connectivity index (χ2n) is 7.37. The SMILES string of the molecule is CC(C)C(C(=O)OCC1(N(C)C)CCC1)N1CCCCC1. The normalized spacial score (nSPS) is 23.9. The molecule has 1 aliphatic carbocycles. The van der Waals surface area contributed by atoms with E-state index in [9.17, 15) is 4.79 Å². The fraction of sp³-hybridized carbons (Fsp3) is 0.941. The van der Waals surface area contributed by atoms with Crippen molar-refractivity contribution in [2.45, 2.75) is 64.0 Å². The molecule has 0 bridgehead atoms. The van der Waals surface area contributed by atoms with Crippen molar-refractivity contribution in [2.24, 2.45) is 5.92 Å². The first-order valence-electron chi connectivity index (χ1n) is 8.54. The zero-order valence-corrected chi connectivity index (χ0v) is 14.2. The molecule has 1 heterocycles. The lowest BCUT2D eigenvalue weighted by Gasteiger charge is -2.47. The van der Waals surface area contributed by atoms with Crippen LogP contribution in [-0.4, -0.2) is 61.1 Å². The summed E-state index contributed by atoms with van der Waals surface area (Å²) in [6.07, 6.45) is 7.23. The summed E-state index contributed by atoms with van der Waals surface area (Å²) < 4.78 is 5.77. The van der Waals surface area contributed by atoms with E-state index in [2.05, 4.69) is 37.7 Å². The smallest absolute Gasteiger partial charge is 0.323 e. The molecule has 1 atom stereocenters. The molecule has 1 saturated heterocycles. The van der Waals surface area contributed by atoms with Gasteiger partial charge in [0.15, 0.2) is 0 Å². The van der Waals surface area contributed by atoms with E-state index in [1.807, 2.05) is 0 Å². The molecule has 0 aromatic heterocycles. The lowest BCUT2D eigenvalue weighted by Crippen LogP contribution is -2.55. The third kappa shape index (κ3) is 3.78. The van der Waals surface area contributed by atoms with Gasteiger partial charge in [-0.1, -0.05) is 20.3 Å². The van der Waals surface area contributed by atoms with Gasteiger partial charge in [-0.05, 0) is 65.2 Å². The summed E-state index contributed by atoms with van der Waals surface area (Å²) in [6.45, 7) is 6.89. The largest absolute Gasteiger partial charge is 0.463 e. The summed E-state index contributed by atoms with van der Waals surface area (Å²) >= 11 is 0. The maximum absolute atomic E-state index is 12.6. The predicted molar refractivity (Wildman–Crippen MR) is 85.3 cm³/mol. The molecule has 0 amide bonds. The van der Waals surface area contributed by atoms with Crippen LogP contribution >= 0.6 is 0 Å². The first kappa shape index (κ1) is 16.8. The number of likely N-dealkylation sites (tertiary alicyclic amines) is 1. The van der Waals surface area contributed by atoms with Crippen molar-refractivity contribution >= 4 is 5.97 Å². The molecule has 1 saturated carbocycles. The molecule has 2 aliphatic rings. The maximum Gasteiger partial charge on any atom is 0.323 e.